The molecule has 260 valence electrons. The minimum Gasteiger partial charge on any atom is -0.481 e. The minimum atomic E-state index is -1.37. The number of amides is 5. The van der Waals surface area contributed by atoms with Gasteiger partial charge < -0.3 is 42.1 Å². The number of nitrogens with zero attached hydrogens (tertiary/aromatic N) is 2. The first-order chi connectivity index (χ1) is 22.8. The van der Waals surface area contributed by atoms with Gasteiger partial charge in [0.25, 0.3) is 11.8 Å². The van der Waals surface area contributed by atoms with Gasteiger partial charge in [0.2, 0.25) is 17.7 Å². The average molecular weight is 670 g/mol. The van der Waals surface area contributed by atoms with Crippen LogP contribution in [0.2, 0.25) is 0 Å². The number of carboxylic acids is 2. The molecule has 16 heteroatoms. The normalized spacial score (nSPS) is 14.2. The second-order valence-corrected chi connectivity index (χ2v) is 11.7. The van der Waals surface area contributed by atoms with E-state index in [9.17, 15) is 38.7 Å². The molecule has 0 spiro atoms. The summed E-state index contributed by atoms with van der Waals surface area (Å²) in [5.41, 5.74) is 7.48. The highest BCUT2D eigenvalue weighted by Crippen LogP contribution is 2.35. The highest BCUT2D eigenvalue weighted by Gasteiger charge is 2.35. The highest BCUT2D eigenvalue weighted by molar-refractivity contribution is 6.26. The fraction of sp³-hybridized carbons (Fsp3) is 0.469. The van der Waals surface area contributed by atoms with Crippen molar-refractivity contribution in [3.8, 4) is 0 Å². The summed E-state index contributed by atoms with van der Waals surface area (Å²) < 4.78 is 0. The number of carbonyl (C=O) groups excluding carboxylic acids is 5. The van der Waals surface area contributed by atoms with E-state index < -0.39 is 59.6 Å². The molecule has 0 unspecified atom stereocenters. The van der Waals surface area contributed by atoms with E-state index in [4.69, 9.17) is 10.8 Å². The number of carboxylic acid groups (broad SMARTS) is 2. The van der Waals surface area contributed by atoms with Gasteiger partial charge in [-0.2, -0.15) is 0 Å². The molecular weight excluding hydrogens is 626 g/mol. The molecule has 0 saturated heterocycles. The van der Waals surface area contributed by atoms with Crippen molar-refractivity contribution < 1.29 is 43.8 Å². The number of carbonyl (C=O) groups is 7. The number of benzene rings is 2. The van der Waals surface area contributed by atoms with Crippen LogP contribution < -0.4 is 31.9 Å². The molecule has 8 N–H and O–H groups in total. The van der Waals surface area contributed by atoms with Crippen molar-refractivity contribution in [2.45, 2.75) is 56.7 Å². The van der Waals surface area contributed by atoms with Crippen LogP contribution >= 0.6 is 0 Å². The first kappa shape index (κ1) is 37.4. The van der Waals surface area contributed by atoms with Crippen LogP contribution in [0.15, 0.2) is 30.3 Å². The molecule has 1 aliphatic heterocycles. The molecular formula is C32H43N7O9. The zero-order valence-electron chi connectivity index (χ0n) is 27.2. The number of nitrogens with two attached hydrogens (primary N) is 1. The summed E-state index contributed by atoms with van der Waals surface area (Å²) >= 11 is 0. The molecule has 1 heterocycles. The lowest BCUT2D eigenvalue weighted by molar-refractivity contribution is -0.142. The number of anilines is 1. The summed E-state index contributed by atoms with van der Waals surface area (Å²) in [5.74, 6) is -5.53. The standard InChI is InChI=1S/C32H43N7O9/c1-34-15-12-21(33)28(43)37-22(29(44)35-16-13-23(32(47)48)36-25(40)8-5-9-26(41)42)14-17-39-30(45)19-7-4-6-18-24(38(2)3)11-10-20(27(18)19)31(39)46/h4,6-7,10-11,21-23,34H,5,8-9,12-17,33H2,1-3H3,(H,35,44)(H,36,40)(H,37,43)(H,41,42)(H,47,48)/t21-,22+,23+/m0/s1. The van der Waals surface area contributed by atoms with Crippen molar-refractivity contribution in [2.75, 3.05) is 45.7 Å². The van der Waals surface area contributed by atoms with Gasteiger partial charge in [0, 0.05) is 67.6 Å². The van der Waals surface area contributed by atoms with E-state index in [2.05, 4.69) is 21.3 Å². The molecule has 0 aromatic heterocycles. The van der Waals surface area contributed by atoms with Crippen LogP contribution in [0.3, 0.4) is 0 Å². The average Bonchev–Trinajstić information content (AvgIpc) is 3.03. The van der Waals surface area contributed by atoms with Crippen LogP contribution in [0.25, 0.3) is 10.8 Å². The largest absolute Gasteiger partial charge is 0.481 e. The predicted molar refractivity (Wildman–Crippen MR) is 175 cm³/mol. The third-order valence-corrected chi connectivity index (χ3v) is 7.93. The summed E-state index contributed by atoms with van der Waals surface area (Å²) in [7, 11) is 5.41. The summed E-state index contributed by atoms with van der Waals surface area (Å²) in [6, 6.07) is 5.05. The maximum Gasteiger partial charge on any atom is 0.326 e. The van der Waals surface area contributed by atoms with E-state index >= 15 is 0 Å². The Labute approximate surface area is 277 Å². The smallest absolute Gasteiger partial charge is 0.326 e. The maximum atomic E-state index is 13.6. The van der Waals surface area contributed by atoms with Crippen molar-refractivity contribution in [2.24, 2.45) is 5.73 Å². The molecule has 0 fully saturated rings. The Morgan fingerprint density at radius 2 is 1.54 bits per heavy atom. The zero-order chi connectivity index (χ0) is 35.5. The zero-order valence-corrected chi connectivity index (χ0v) is 27.2. The Balaban J connectivity index is 1.73. The Bertz CT molecular complexity index is 1540. The predicted octanol–water partition coefficient (Wildman–Crippen LogP) is -0.356. The third kappa shape index (κ3) is 9.48. The maximum absolute atomic E-state index is 13.6. The van der Waals surface area contributed by atoms with Gasteiger partial charge >= 0.3 is 11.9 Å². The van der Waals surface area contributed by atoms with Gasteiger partial charge in [-0.3, -0.25) is 33.7 Å². The fourth-order valence-corrected chi connectivity index (χ4v) is 5.35. The Morgan fingerprint density at radius 1 is 0.854 bits per heavy atom. The lowest BCUT2D eigenvalue weighted by atomic mass is 9.92. The van der Waals surface area contributed by atoms with Gasteiger partial charge in [0.15, 0.2) is 0 Å². The molecule has 48 heavy (non-hydrogen) atoms. The summed E-state index contributed by atoms with van der Waals surface area (Å²) in [5, 5.41) is 29.9. The lowest BCUT2D eigenvalue weighted by Gasteiger charge is -2.30. The molecule has 3 rings (SSSR count). The number of hydrogen-bond acceptors (Lipinski definition) is 10. The second kappa shape index (κ2) is 17.2. The van der Waals surface area contributed by atoms with Gasteiger partial charge in [-0.15, -0.1) is 0 Å². The van der Waals surface area contributed by atoms with Crippen molar-refractivity contribution in [1.82, 2.24) is 26.2 Å². The number of aliphatic carboxylic acids is 2. The fourth-order valence-electron chi connectivity index (χ4n) is 5.35. The van der Waals surface area contributed by atoms with Gasteiger partial charge in [0.05, 0.1) is 6.04 Å². The monoisotopic (exact) mass is 669 g/mol. The molecule has 5 amide bonds. The van der Waals surface area contributed by atoms with Crippen molar-refractivity contribution >= 4 is 57.9 Å². The minimum absolute atomic E-state index is 0.0297. The molecule has 2 aromatic carbocycles. The van der Waals surface area contributed by atoms with Crippen LogP contribution in [0, 0.1) is 0 Å². The molecule has 0 saturated carbocycles. The molecule has 0 bridgehead atoms. The SMILES string of the molecule is CNCC[C@H](N)C(=O)N[C@H](CCN1C(=O)c2cccc3c(N(C)C)ccc(c23)C1=O)C(=O)NCC[C@@H](NC(=O)CCCC(=O)O)C(=O)O. The Kier molecular flexibility index (Phi) is 13.4. The van der Waals surface area contributed by atoms with Gasteiger partial charge in [-0.25, -0.2) is 4.79 Å². The van der Waals surface area contributed by atoms with E-state index in [1.54, 1.807) is 31.3 Å². The van der Waals surface area contributed by atoms with E-state index in [-0.39, 0.29) is 51.6 Å². The van der Waals surface area contributed by atoms with E-state index in [1.165, 1.54) is 0 Å². The summed E-state index contributed by atoms with van der Waals surface area (Å²) in [6.45, 7) is -0.00688. The van der Waals surface area contributed by atoms with Crippen LogP contribution in [0.5, 0.6) is 0 Å². The Hall–Kier alpha value is -5.09. The van der Waals surface area contributed by atoms with E-state index in [0.717, 1.165) is 16.0 Å². The molecule has 3 atom stereocenters. The van der Waals surface area contributed by atoms with E-state index in [1.807, 2.05) is 25.1 Å². The van der Waals surface area contributed by atoms with Crippen molar-refractivity contribution in [1.29, 1.82) is 0 Å². The first-order valence-electron chi connectivity index (χ1n) is 15.6. The molecule has 16 nitrogen and oxygen atoms in total. The van der Waals surface area contributed by atoms with Gasteiger partial charge in [-0.05, 0) is 57.5 Å². The number of imide groups is 1. The Morgan fingerprint density at radius 3 is 2.17 bits per heavy atom. The van der Waals surface area contributed by atoms with Crippen LogP contribution in [-0.4, -0.2) is 115 Å². The number of nitrogens with one attached hydrogen (secondary N) is 4. The first-order valence-corrected chi connectivity index (χ1v) is 15.6. The van der Waals surface area contributed by atoms with E-state index in [0.29, 0.717) is 23.1 Å². The van der Waals surface area contributed by atoms with Crippen molar-refractivity contribution in [3.05, 3.63) is 41.5 Å². The van der Waals surface area contributed by atoms with Crippen LogP contribution in [-0.2, 0) is 24.0 Å². The summed E-state index contributed by atoms with van der Waals surface area (Å²) in [6.07, 6.45) is -0.524. The molecule has 0 aliphatic carbocycles. The van der Waals surface area contributed by atoms with Gasteiger partial charge in [-0.1, -0.05) is 12.1 Å². The van der Waals surface area contributed by atoms with Crippen LogP contribution in [0.4, 0.5) is 5.69 Å². The molecule has 0 radical (unpaired) electrons. The highest BCUT2D eigenvalue weighted by atomic mass is 16.4. The lowest BCUT2D eigenvalue weighted by Crippen LogP contribution is -2.54. The number of hydrogen-bond donors (Lipinski definition) is 7. The third-order valence-electron chi connectivity index (χ3n) is 7.93. The molecule has 2 aromatic rings. The van der Waals surface area contributed by atoms with Crippen LogP contribution in [0.1, 0.15) is 59.2 Å². The quantitative estimate of drug-likeness (QED) is 0.0950. The van der Waals surface area contributed by atoms with Gasteiger partial charge in [0.1, 0.15) is 12.1 Å². The topological polar surface area (TPSA) is 241 Å². The molecule has 1 aliphatic rings. The second-order valence-electron chi connectivity index (χ2n) is 11.7. The summed E-state index contributed by atoms with van der Waals surface area (Å²) in [4.78, 5) is 90.8. The van der Waals surface area contributed by atoms with Crippen molar-refractivity contribution in [3.63, 3.8) is 0 Å². The number of rotatable bonds is 19.